The molecular formula is C20H35IN4O. The van der Waals surface area contributed by atoms with Gasteiger partial charge in [0, 0.05) is 39.3 Å². The molecule has 0 amide bonds. The van der Waals surface area contributed by atoms with Gasteiger partial charge in [0.25, 0.3) is 0 Å². The van der Waals surface area contributed by atoms with E-state index in [0.717, 1.165) is 58.6 Å². The van der Waals surface area contributed by atoms with Crippen molar-refractivity contribution in [2.45, 2.75) is 45.8 Å². The van der Waals surface area contributed by atoms with Crippen LogP contribution in [0.5, 0.6) is 0 Å². The van der Waals surface area contributed by atoms with Crippen molar-refractivity contribution < 1.29 is 4.74 Å². The second-order valence-electron chi connectivity index (χ2n) is 7.23. The Balaban J connectivity index is 0.00000338. The number of halogens is 1. The Labute approximate surface area is 175 Å². The number of hydrogen-bond acceptors (Lipinski definition) is 3. The van der Waals surface area contributed by atoms with Crippen LogP contribution in [0.15, 0.2) is 35.3 Å². The first-order valence-electron chi connectivity index (χ1n) is 9.55. The van der Waals surface area contributed by atoms with Gasteiger partial charge in [0.05, 0.1) is 6.10 Å². The zero-order valence-electron chi connectivity index (χ0n) is 16.2. The van der Waals surface area contributed by atoms with Gasteiger partial charge in [-0.25, -0.2) is 0 Å². The van der Waals surface area contributed by atoms with Crippen molar-refractivity contribution in [3.05, 3.63) is 35.9 Å². The van der Waals surface area contributed by atoms with Crippen LogP contribution in [0.4, 0.5) is 0 Å². The quantitative estimate of drug-likeness (QED) is 0.250. The molecule has 1 heterocycles. The van der Waals surface area contributed by atoms with Gasteiger partial charge < -0.3 is 15.8 Å². The smallest absolute Gasteiger partial charge is 0.188 e. The zero-order chi connectivity index (χ0) is 17.9. The summed E-state index contributed by atoms with van der Waals surface area (Å²) >= 11 is 0. The van der Waals surface area contributed by atoms with Crippen molar-refractivity contribution in [3.8, 4) is 0 Å². The number of guanidine groups is 1. The molecule has 1 fully saturated rings. The van der Waals surface area contributed by atoms with Crippen molar-refractivity contribution in [3.63, 3.8) is 0 Å². The number of nitrogens with zero attached hydrogens (tertiary/aromatic N) is 2. The molecule has 0 saturated carbocycles. The van der Waals surface area contributed by atoms with Gasteiger partial charge in [0.2, 0.25) is 0 Å². The fraction of sp³-hybridized carbons (Fsp3) is 0.650. The minimum absolute atomic E-state index is 0. The SMILES string of the molecule is CC(C)CN=C(N)NCCCOC1CCN(Cc2ccccc2)CC1.I. The van der Waals surface area contributed by atoms with Crippen LogP contribution >= 0.6 is 24.0 Å². The van der Waals surface area contributed by atoms with E-state index in [1.807, 2.05) is 0 Å². The van der Waals surface area contributed by atoms with E-state index in [1.165, 1.54) is 5.56 Å². The summed E-state index contributed by atoms with van der Waals surface area (Å²) in [5.41, 5.74) is 7.21. The van der Waals surface area contributed by atoms with Crippen LogP contribution in [0.2, 0.25) is 0 Å². The Kier molecular flexibility index (Phi) is 11.9. The van der Waals surface area contributed by atoms with E-state index in [1.54, 1.807) is 0 Å². The van der Waals surface area contributed by atoms with Gasteiger partial charge in [-0.15, -0.1) is 24.0 Å². The number of nitrogens with one attached hydrogen (secondary N) is 1. The fourth-order valence-corrected chi connectivity index (χ4v) is 2.95. The number of aliphatic imine (C=N–C) groups is 1. The lowest BCUT2D eigenvalue weighted by atomic mass is 10.1. The first-order valence-corrected chi connectivity index (χ1v) is 9.55. The molecule has 1 aliphatic rings. The number of hydrogen-bond donors (Lipinski definition) is 2. The highest BCUT2D eigenvalue weighted by atomic mass is 127. The van der Waals surface area contributed by atoms with E-state index in [2.05, 4.69) is 59.4 Å². The molecular weight excluding hydrogens is 439 g/mol. The van der Waals surface area contributed by atoms with Gasteiger partial charge >= 0.3 is 0 Å². The molecule has 1 aromatic carbocycles. The summed E-state index contributed by atoms with van der Waals surface area (Å²) in [6.07, 6.45) is 3.61. The van der Waals surface area contributed by atoms with Crippen LogP contribution in [0, 0.1) is 5.92 Å². The molecule has 6 heteroatoms. The average molecular weight is 474 g/mol. The second-order valence-corrected chi connectivity index (χ2v) is 7.23. The van der Waals surface area contributed by atoms with Crippen molar-refractivity contribution in [2.75, 3.05) is 32.8 Å². The Morgan fingerprint density at radius 1 is 1.27 bits per heavy atom. The fourth-order valence-electron chi connectivity index (χ4n) is 2.95. The summed E-state index contributed by atoms with van der Waals surface area (Å²) < 4.78 is 6.01. The lowest BCUT2D eigenvalue weighted by Crippen LogP contribution is -2.37. The van der Waals surface area contributed by atoms with Gasteiger partial charge in [-0.1, -0.05) is 44.2 Å². The van der Waals surface area contributed by atoms with Gasteiger partial charge in [0.15, 0.2) is 5.96 Å². The van der Waals surface area contributed by atoms with E-state index >= 15 is 0 Å². The summed E-state index contributed by atoms with van der Waals surface area (Å²) in [6, 6.07) is 10.7. The first kappa shape index (κ1) is 23.2. The molecule has 0 radical (unpaired) electrons. The minimum Gasteiger partial charge on any atom is -0.378 e. The van der Waals surface area contributed by atoms with Crippen LogP contribution in [0.1, 0.15) is 38.7 Å². The van der Waals surface area contributed by atoms with E-state index in [9.17, 15) is 0 Å². The highest BCUT2D eigenvalue weighted by Crippen LogP contribution is 2.16. The molecule has 1 saturated heterocycles. The predicted molar refractivity (Wildman–Crippen MR) is 120 cm³/mol. The zero-order valence-corrected chi connectivity index (χ0v) is 18.5. The second kappa shape index (κ2) is 13.3. The van der Waals surface area contributed by atoms with Gasteiger partial charge in [-0.3, -0.25) is 9.89 Å². The number of nitrogens with two attached hydrogens (primary N) is 1. The third-order valence-electron chi connectivity index (χ3n) is 4.39. The van der Waals surface area contributed by atoms with Crippen LogP contribution in [0.25, 0.3) is 0 Å². The third kappa shape index (κ3) is 9.73. The van der Waals surface area contributed by atoms with E-state index in [0.29, 0.717) is 18.0 Å². The molecule has 3 N–H and O–H groups in total. The predicted octanol–water partition coefficient (Wildman–Crippen LogP) is 3.24. The first-order chi connectivity index (χ1) is 12.1. The monoisotopic (exact) mass is 474 g/mol. The molecule has 0 atom stereocenters. The average Bonchev–Trinajstić information content (AvgIpc) is 2.62. The topological polar surface area (TPSA) is 62.9 Å². The van der Waals surface area contributed by atoms with Crippen molar-refractivity contribution in [1.82, 2.24) is 10.2 Å². The van der Waals surface area contributed by atoms with Crippen LogP contribution in [0.3, 0.4) is 0 Å². The number of rotatable bonds is 9. The molecule has 0 spiro atoms. The highest BCUT2D eigenvalue weighted by Gasteiger charge is 2.19. The van der Waals surface area contributed by atoms with Gasteiger partial charge in [-0.05, 0) is 30.7 Å². The van der Waals surface area contributed by atoms with Crippen LogP contribution in [-0.2, 0) is 11.3 Å². The highest BCUT2D eigenvalue weighted by molar-refractivity contribution is 14.0. The number of piperidine rings is 1. The largest absolute Gasteiger partial charge is 0.378 e. The maximum absolute atomic E-state index is 6.01. The third-order valence-corrected chi connectivity index (χ3v) is 4.39. The normalized spacial score (nSPS) is 16.5. The molecule has 5 nitrogen and oxygen atoms in total. The Hall–Kier alpha value is -0.860. The number of benzene rings is 1. The molecule has 148 valence electrons. The molecule has 0 aliphatic carbocycles. The molecule has 1 aromatic rings. The van der Waals surface area contributed by atoms with Crippen molar-refractivity contribution in [2.24, 2.45) is 16.6 Å². The number of ether oxygens (including phenoxy) is 1. The van der Waals surface area contributed by atoms with Crippen molar-refractivity contribution >= 4 is 29.9 Å². The maximum atomic E-state index is 6.01. The summed E-state index contributed by atoms with van der Waals surface area (Å²) in [6.45, 7) is 9.93. The molecule has 26 heavy (non-hydrogen) atoms. The number of likely N-dealkylation sites (tertiary alicyclic amines) is 1. The van der Waals surface area contributed by atoms with Crippen molar-refractivity contribution in [1.29, 1.82) is 0 Å². The molecule has 0 unspecified atom stereocenters. The van der Waals surface area contributed by atoms with Gasteiger partial charge in [0.1, 0.15) is 0 Å². The molecule has 1 aliphatic heterocycles. The molecule has 0 aromatic heterocycles. The molecule has 0 bridgehead atoms. The van der Waals surface area contributed by atoms with Crippen LogP contribution in [-0.4, -0.2) is 49.7 Å². The van der Waals surface area contributed by atoms with E-state index in [-0.39, 0.29) is 24.0 Å². The lowest BCUT2D eigenvalue weighted by Gasteiger charge is -2.32. The Bertz CT molecular complexity index is 502. The van der Waals surface area contributed by atoms with Crippen LogP contribution < -0.4 is 11.1 Å². The summed E-state index contributed by atoms with van der Waals surface area (Å²) in [4.78, 5) is 6.81. The Morgan fingerprint density at radius 3 is 2.62 bits per heavy atom. The maximum Gasteiger partial charge on any atom is 0.188 e. The summed E-state index contributed by atoms with van der Waals surface area (Å²) in [7, 11) is 0. The Morgan fingerprint density at radius 2 is 1.96 bits per heavy atom. The summed E-state index contributed by atoms with van der Waals surface area (Å²) in [5, 5.41) is 3.15. The lowest BCUT2D eigenvalue weighted by molar-refractivity contribution is 0.00535. The molecule has 2 rings (SSSR count). The summed E-state index contributed by atoms with van der Waals surface area (Å²) in [5.74, 6) is 1.08. The van der Waals surface area contributed by atoms with E-state index < -0.39 is 0 Å². The standard InChI is InChI=1S/C20H34N4O.HI/c1-17(2)15-23-20(21)22-11-6-14-25-19-9-12-24(13-10-19)16-18-7-4-3-5-8-18;/h3-5,7-8,17,19H,6,9-16H2,1-2H3,(H3,21,22,23);1H. The van der Waals surface area contributed by atoms with Gasteiger partial charge in [-0.2, -0.15) is 0 Å². The van der Waals surface area contributed by atoms with E-state index in [4.69, 9.17) is 10.5 Å². The minimum atomic E-state index is 0.